The van der Waals surface area contributed by atoms with Crippen molar-refractivity contribution in [2.24, 2.45) is 0 Å². The quantitative estimate of drug-likeness (QED) is 0.696. The summed E-state index contributed by atoms with van der Waals surface area (Å²) in [4.78, 5) is 4.64. The van der Waals surface area contributed by atoms with Gasteiger partial charge in [0, 0.05) is 18.7 Å². The minimum absolute atomic E-state index is 0.353. The number of benzene rings is 1. The first-order valence-corrected chi connectivity index (χ1v) is 6.80. The smallest absolute Gasteiger partial charge is 0.231 e. The predicted molar refractivity (Wildman–Crippen MR) is 83.7 cm³/mol. The van der Waals surface area contributed by atoms with Crippen LogP contribution < -0.4 is 4.74 Å². The van der Waals surface area contributed by atoms with Crippen molar-refractivity contribution in [1.29, 1.82) is 0 Å². The standard InChI is InChI=1S/C17H15N3O2/c1-21-12-6-9-14-17(13-7-4-3-5-8-13)18-15-10-11-16(22-2)19-20(14)15/h3-5,7-8,10-11H,12H2,1-2H3. The molecule has 0 saturated carbocycles. The molecule has 2 heterocycles. The number of nitrogens with zero attached hydrogens (tertiary/aromatic N) is 3. The van der Waals surface area contributed by atoms with Crippen molar-refractivity contribution in [3.63, 3.8) is 0 Å². The number of methoxy groups -OCH3 is 2. The van der Waals surface area contributed by atoms with Crippen LogP contribution in [0.3, 0.4) is 0 Å². The topological polar surface area (TPSA) is 48.7 Å². The Morgan fingerprint density at radius 3 is 2.64 bits per heavy atom. The second-order valence-corrected chi connectivity index (χ2v) is 4.56. The van der Waals surface area contributed by atoms with Crippen molar-refractivity contribution in [3.8, 4) is 29.0 Å². The Morgan fingerprint density at radius 2 is 1.91 bits per heavy atom. The van der Waals surface area contributed by atoms with Crippen LogP contribution in [0.4, 0.5) is 0 Å². The maximum absolute atomic E-state index is 5.19. The molecule has 0 aliphatic heterocycles. The minimum atomic E-state index is 0.353. The molecule has 0 aliphatic rings. The molecule has 0 aliphatic carbocycles. The van der Waals surface area contributed by atoms with Crippen LogP contribution in [0.2, 0.25) is 0 Å². The van der Waals surface area contributed by atoms with Crippen molar-refractivity contribution < 1.29 is 9.47 Å². The van der Waals surface area contributed by atoms with Gasteiger partial charge in [0.05, 0.1) is 7.11 Å². The first-order valence-electron chi connectivity index (χ1n) is 6.80. The summed E-state index contributed by atoms with van der Waals surface area (Å²) >= 11 is 0. The number of imidazole rings is 1. The fraction of sp³-hybridized carbons (Fsp3) is 0.176. The molecule has 2 aromatic heterocycles. The Balaban J connectivity index is 2.23. The van der Waals surface area contributed by atoms with Crippen molar-refractivity contribution in [3.05, 3.63) is 48.2 Å². The van der Waals surface area contributed by atoms with Crippen LogP contribution in [-0.2, 0) is 4.74 Å². The average Bonchev–Trinajstić information content (AvgIpc) is 2.94. The zero-order chi connectivity index (χ0) is 15.4. The number of fused-ring (bicyclic) bond motifs is 1. The highest BCUT2D eigenvalue weighted by Crippen LogP contribution is 2.24. The van der Waals surface area contributed by atoms with Gasteiger partial charge in [0.15, 0.2) is 5.65 Å². The van der Waals surface area contributed by atoms with Gasteiger partial charge >= 0.3 is 0 Å². The van der Waals surface area contributed by atoms with Gasteiger partial charge in [-0.2, -0.15) is 0 Å². The molecule has 0 saturated heterocycles. The van der Waals surface area contributed by atoms with E-state index in [1.165, 1.54) is 0 Å². The van der Waals surface area contributed by atoms with E-state index in [-0.39, 0.29) is 0 Å². The maximum atomic E-state index is 5.19. The fourth-order valence-electron chi connectivity index (χ4n) is 2.13. The highest BCUT2D eigenvalue weighted by Gasteiger charge is 2.13. The molecule has 0 fully saturated rings. The van der Waals surface area contributed by atoms with Crippen molar-refractivity contribution >= 4 is 5.65 Å². The summed E-state index contributed by atoms with van der Waals surface area (Å²) < 4.78 is 11.9. The molecule has 1 aromatic carbocycles. The molecule has 0 amide bonds. The number of aromatic nitrogens is 3. The molecular formula is C17H15N3O2. The van der Waals surface area contributed by atoms with Gasteiger partial charge < -0.3 is 9.47 Å². The lowest BCUT2D eigenvalue weighted by molar-refractivity contribution is 0.240. The summed E-state index contributed by atoms with van der Waals surface area (Å²) in [5, 5.41) is 4.41. The molecule has 110 valence electrons. The van der Waals surface area contributed by atoms with Gasteiger partial charge in [-0.3, -0.25) is 0 Å². The fourth-order valence-corrected chi connectivity index (χ4v) is 2.13. The first kappa shape index (κ1) is 14.1. The Morgan fingerprint density at radius 1 is 1.09 bits per heavy atom. The third-order valence-electron chi connectivity index (χ3n) is 3.13. The first-order chi connectivity index (χ1) is 10.8. The summed E-state index contributed by atoms with van der Waals surface area (Å²) in [5.41, 5.74) is 3.23. The van der Waals surface area contributed by atoms with Gasteiger partial charge in [-0.25, -0.2) is 9.50 Å². The van der Waals surface area contributed by atoms with Crippen LogP contribution in [-0.4, -0.2) is 35.4 Å². The summed E-state index contributed by atoms with van der Waals surface area (Å²) in [5.74, 6) is 6.57. The van der Waals surface area contributed by atoms with Crippen LogP contribution in [0.5, 0.6) is 5.88 Å². The SMILES string of the molecule is COCC#Cc1c(-c2ccccc2)nc2ccc(OC)nn12. The average molecular weight is 293 g/mol. The third kappa shape index (κ3) is 2.65. The molecule has 0 radical (unpaired) electrons. The van der Waals surface area contributed by atoms with E-state index < -0.39 is 0 Å². The molecular weight excluding hydrogens is 278 g/mol. The molecule has 5 heteroatoms. The summed E-state index contributed by atoms with van der Waals surface area (Å²) in [7, 11) is 3.20. The molecule has 0 unspecified atom stereocenters. The van der Waals surface area contributed by atoms with E-state index in [0.717, 1.165) is 22.6 Å². The van der Waals surface area contributed by atoms with Gasteiger partial charge in [0.1, 0.15) is 18.0 Å². The third-order valence-corrected chi connectivity index (χ3v) is 3.13. The van der Waals surface area contributed by atoms with Gasteiger partial charge in [0.25, 0.3) is 0 Å². The van der Waals surface area contributed by atoms with Gasteiger partial charge in [0.2, 0.25) is 5.88 Å². The van der Waals surface area contributed by atoms with E-state index in [9.17, 15) is 0 Å². The highest BCUT2D eigenvalue weighted by atomic mass is 16.5. The number of hydrogen-bond acceptors (Lipinski definition) is 4. The second kappa shape index (κ2) is 6.29. The molecule has 0 spiro atoms. The lowest BCUT2D eigenvalue weighted by Crippen LogP contribution is -1.98. The molecule has 22 heavy (non-hydrogen) atoms. The number of rotatable bonds is 3. The molecule has 0 N–H and O–H groups in total. The van der Waals surface area contributed by atoms with E-state index >= 15 is 0 Å². The monoisotopic (exact) mass is 293 g/mol. The van der Waals surface area contributed by atoms with Gasteiger partial charge in [-0.05, 0) is 12.0 Å². The van der Waals surface area contributed by atoms with Crippen molar-refractivity contribution in [2.45, 2.75) is 0 Å². The van der Waals surface area contributed by atoms with Crippen LogP contribution in [0.1, 0.15) is 5.69 Å². The molecule has 0 atom stereocenters. The highest BCUT2D eigenvalue weighted by molar-refractivity contribution is 5.69. The van der Waals surface area contributed by atoms with Crippen LogP contribution >= 0.6 is 0 Å². The zero-order valence-corrected chi connectivity index (χ0v) is 12.4. The van der Waals surface area contributed by atoms with Crippen LogP contribution in [0, 0.1) is 11.8 Å². The normalized spacial score (nSPS) is 10.3. The summed E-state index contributed by atoms with van der Waals surface area (Å²) in [6.45, 7) is 0.353. The second-order valence-electron chi connectivity index (χ2n) is 4.56. The maximum Gasteiger partial charge on any atom is 0.231 e. The molecule has 3 aromatic rings. The molecule has 0 bridgehead atoms. The Hall–Kier alpha value is -2.84. The predicted octanol–water partition coefficient (Wildman–Crippen LogP) is 2.40. The Bertz CT molecular complexity index is 845. The number of hydrogen-bond donors (Lipinski definition) is 0. The van der Waals surface area contributed by atoms with E-state index in [0.29, 0.717) is 12.5 Å². The van der Waals surface area contributed by atoms with Gasteiger partial charge in [-0.15, -0.1) is 5.10 Å². The lowest BCUT2D eigenvalue weighted by Gasteiger charge is -2.00. The van der Waals surface area contributed by atoms with Gasteiger partial charge in [-0.1, -0.05) is 36.3 Å². The largest absolute Gasteiger partial charge is 0.480 e. The molecule has 5 nitrogen and oxygen atoms in total. The lowest BCUT2D eigenvalue weighted by atomic mass is 10.1. The van der Waals surface area contributed by atoms with Crippen molar-refractivity contribution in [1.82, 2.24) is 14.6 Å². The Labute approximate surface area is 128 Å². The van der Waals surface area contributed by atoms with Crippen LogP contribution in [0.25, 0.3) is 16.9 Å². The van der Waals surface area contributed by atoms with E-state index in [2.05, 4.69) is 21.9 Å². The Kier molecular flexibility index (Phi) is 4.03. The summed E-state index contributed by atoms with van der Waals surface area (Å²) in [6.07, 6.45) is 0. The van der Waals surface area contributed by atoms with Crippen molar-refractivity contribution in [2.75, 3.05) is 20.8 Å². The van der Waals surface area contributed by atoms with E-state index in [1.807, 2.05) is 36.4 Å². The summed E-state index contributed by atoms with van der Waals surface area (Å²) in [6, 6.07) is 13.6. The van der Waals surface area contributed by atoms with Crippen LogP contribution in [0.15, 0.2) is 42.5 Å². The molecule has 3 rings (SSSR count). The number of ether oxygens (including phenoxy) is 2. The zero-order valence-electron chi connectivity index (χ0n) is 12.4. The minimum Gasteiger partial charge on any atom is -0.480 e. The van der Waals surface area contributed by atoms with E-state index in [4.69, 9.17) is 9.47 Å². The van der Waals surface area contributed by atoms with E-state index in [1.54, 1.807) is 24.8 Å².